The van der Waals surface area contributed by atoms with Crippen LogP contribution in [0.3, 0.4) is 0 Å². The van der Waals surface area contributed by atoms with E-state index in [2.05, 4.69) is 28.2 Å². The molecule has 4 heteroatoms. The predicted octanol–water partition coefficient (Wildman–Crippen LogP) is 4.13. The standard InChI is InChI=1S/C16H24BrNO2/c1-11(12-6-4-5-7-12)18-10-13-8-15(19-2)16(20-3)9-14(13)17/h8-9,11-12,18H,4-7,10H2,1-3H3. The molecule has 1 atom stereocenters. The quantitative estimate of drug-likeness (QED) is 0.843. The summed E-state index contributed by atoms with van der Waals surface area (Å²) in [5.74, 6) is 2.36. The Hall–Kier alpha value is -0.740. The summed E-state index contributed by atoms with van der Waals surface area (Å²) in [7, 11) is 3.33. The van der Waals surface area contributed by atoms with E-state index in [1.807, 2.05) is 12.1 Å². The monoisotopic (exact) mass is 341 g/mol. The fourth-order valence-corrected chi connectivity index (χ4v) is 3.39. The second-order valence-electron chi connectivity index (χ2n) is 5.51. The Bertz CT molecular complexity index is 444. The van der Waals surface area contributed by atoms with Gasteiger partial charge in [0, 0.05) is 17.1 Å². The highest BCUT2D eigenvalue weighted by Gasteiger charge is 2.21. The molecule has 0 aliphatic heterocycles. The number of rotatable bonds is 6. The Morgan fingerprint density at radius 1 is 1.20 bits per heavy atom. The molecular weight excluding hydrogens is 318 g/mol. The highest BCUT2D eigenvalue weighted by atomic mass is 79.9. The molecule has 1 unspecified atom stereocenters. The summed E-state index contributed by atoms with van der Waals surface area (Å²) in [6.07, 6.45) is 5.50. The van der Waals surface area contributed by atoms with Crippen molar-refractivity contribution in [2.75, 3.05) is 14.2 Å². The van der Waals surface area contributed by atoms with E-state index in [1.165, 1.54) is 31.2 Å². The van der Waals surface area contributed by atoms with Crippen molar-refractivity contribution in [2.45, 2.75) is 45.2 Å². The average Bonchev–Trinajstić information content (AvgIpc) is 2.99. The van der Waals surface area contributed by atoms with Crippen LogP contribution in [0.4, 0.5) is 0 Å². The molecule has 1 N–H and O–H groups in total. The van der Waals surface area contributed by atoms with Crippen LogP contribution in [0.25, 0.3) is 0 Å². The Balaban J connectivity index is 2.01. The van der Waals surface area contributed by atoms with Gasteiger partial charge in [0.05, 0.1) is 14.2 Å². The topological polar surface area (TPSA) is 30.5 Å². The van der Waals surface area contributed by atoms with Crippen LogP contribution in [0.5, 0.6) is 11.5 Å². The fourth-order valence-electron chi connectivity index (χ4n) is 2.93. The van der Waals surface area contributed by atoms with Gasteiger partial charge < -0.3 is 14.8 Å². The number of benzene rings is 1. The predicted molar refractivity (Wildman–Crippen MR) is 85.5 cm³/mol. The van der Waals surface area contributed by atoms with Crippen molar-refractivity contribution < 1.29 is 9.47 Å². The van der Waals surface area contributed by atoms with Gasteiger partial charge in [0.15, 0.2) is 11.5 Å². The third kappa shape index (κ3) is 3.67. The maximum Gasteiger partial charge on any atom is 0.161 e. The maximum atomic E-state index is 5.36. The van der Waals surface area contributed by atoms with E-state index < -0.39 is 0 Å². The molecule has 0 radical (unpaired) electrons. The van der Waals surface area contributed by atoms with Gasteiger partial charge in [0.2, 0.25) is 0 Å². The van der Waals surface area contributed by atoms with E-state index >= 15 is 0 Å². The van der Waals surface area contributed by atoms with Crippen molar-refractivity contribution in [1.82, 2.24) is 5.32 Å². The highest BCUT2D eigenvalue weighted by Crippen LogP contribution is 2.33. The SMILES string of the molecule is COc1cc(Br)c(CNC(C)C2CCCC2)cc1OC. The molecule has 0 heterocycles. The lowest BCUT2D eigenvalue weighted by molar-refractivity contribution is 0.353. The first kappa shape index (κ1) is 15.6. The number of methoxy groups -OCH3 is 2. The summed E-state index contributed by atoms with van der Waals surface area (Å²) in [6, 6.07) is 4.57. The van der Waals surface area contributed by atoms with E-state index in [0.29, 0.717) is 6.04 Å². The lowest BCUT2D eigenvalue weighted by Crippen LogP contribution is -2.31. The lowest BCUT2D eigenvalue weighted by Gasteiger charge is -2.21. The smallest absolute Gasteiger partial charge is 0.161 e. The Labute approximate surface area is 130 Å². The minimum absolute atomic E-state index is 0.567. The minimum Gasteiger partial charge on any atom is -0.493 e. The van der Waals surface area contributed by atoms with Gasteiger partial charge in [0.25, 0.3) is 0 Å². The third-order valence-electron chi connectivity index (χ3n) is 4.27. The van der Waals surface area contributed by atoms with Crippen molar-refractivity contribution in [3.05, 3.63) is 22.2 Å². The zero-order valence-corrected chi connectivity index (χ0v) is 14.1. The number of nitrogens with one attached hydrogen (secondary N) is 1. The molecule has 0 spiro atoms. The van der Waals surface area contributed by atoms with Crippen molar-refractivity contribution in [3.63, 3.8) is 0 Å². The van der Waals surface area contributed by atoms with Gasteiger partial charge >= 0.3 is 0 Å². The summed E-state index contributed by atoms with van der Waals surface area (Å²) in [6.45, 7) is 3.14. The number of hydrogen-bond acceptors (Lipinski definition) is 3. The molecule has 1 aromatic rings. The van der Waals surface area contributed by atoms with Crippen LogP contribution in [-0.4, -0.2) is 20.3 Å². The van der Waals surface area contributed by atoms with Crippen molar-refractivity contribution in [1.29, 1.82) is 0 Å². The van der Waals surface area contributed by atoms with Gasteiger partial charge in [0.1, 0.15) is 0 Å². The van der Waals surface area contributed by atoms with Crippen molar-refractivity contribution in [3.8, 4) is 11.5 Å². The lowest BCUT2D eigenvalue weighted by atomic mass is 9.99. The second kappa shape index (κ2) is 7.32. The van der Waals surface area contributed by atoms with Crippen LogP contribution in [0.2, 0.25) is 0 Å². The summed E-state index contributed by atoms with van der Waals surface area (Å²) >= 11 is 3.61. The molecule has 1 aromatic carbocycles. The normalized spacial score (nSPS) is 17.2. The molecule has 2 rings (SSSR count). The summed E-state index contributed by atoms with van der Waals surface area (Å²) in [4.78, 5) is 0. The molecule has 20 heavy (non-hydrogen) atoms. The molecular formula is C16H24BrNO2. The molecule has 3 nitrogen and oxygen atoms in total. The first-order valence-electron chi connectivity index (χ1n) is 7.29. The molecule has 0 saturated heterocycles. The molecule has 0 amide bonds. The Morgan fingerprint density at radius 3 is 2.40 bits per heavy atom. The molecule has 1 saturated carbocycles. The summed E-state index contributed by atoms with van der Waals surface area (Å²) in [5.41, 5.74) is 1.20. The zero-order valence-electron chi connectivity index (χ0n) is 12.5. The number of hydrogen-bond donors (Lipinski definition) is 1. The van der Waals surface area contributed by atoms with E-state index in [1.54, 1.807) is 14.2 Å². The van der Waals surface area contributed by atoms with Crippen molar-refractivity contribution in [2.24, 2.45) is 5.92 Å². The molecule has 0 aromatic heterocycles. The highest BCUT2D eigenvalue weighted by molar-refractivity contribution is 9.10. The minimum atomic E-state index is 0.567. The summed E-state index contributed by atoms with van der Waals surface area (Å²) in [5, 5.41) is 3.64. The Morgan fingerprint density at radius 2 is 1.80 bits per heavy atom. The van der Waals surface area contributed by atoms with E-state index in [4.69, 9.17) is 9.47 Å². The largest absolute Gasteiger partial charge is 0.493 e. The van der Waals surface area contributed by atoms with E-state index in [0.717, 1.165) is 28.4 Å². The van der Waals surface area contributed by atoms with Crippen LogP contribution >= 0.6 is 15.9 Å². The zero-order chi connectivity index (χ0) is 14.5. The third-order valence-corrected chi connectivity index (χ3v) is 5.01. The second-order valence-corrected chi connectivity index (χ2v) is 6.37. The first-order chi connectivity index (χ1) is 9.65. The maximum absolute atomic E-state index is 5.36. The van der Waals surface area contributed by atoms with Crippen LogP contribution in [0, 0.1) is 5.92 Å². The van der Waals surface area contributed by atoms with E-state index in [9.17, 15) is 0 Å². The molecule has 0 bridgehead atoms. The molecule has 1 fully saturated rings. The number of ether oxygens (including phenoxy) is 2. The molecule has 1 aliphatic carbocycles. The van der Waals surface area contributed by atoms with Gasteiger partial charge in [-0.05, 0) is 43.4 Å². The Kier molecular flexibility index (Phi) is 5.73. The molecule has 1 aliphatic rings. The fraction of sp³-hybridized carbons (Fsp3) is 0.625. The number of halogens is 1. The van der Waals surface area contributed by atoms with Gasteiger partial charge in [-0.1, -0.05) is 28.8 Å². The van der Waals surface area contributed by atoms with Gasteiger partial charge in [-0.2, -0.15) is 0 Å². The van der Waals surface area contributed by atoms with Gasteiger partial charge in [-0.3, -0.25) is 0 Å². The van der Waals surface area contributed by atoms with Crippen LogP contribution in [0.15, 0.2) is 16.6 Å². The van der Waals surface area contributed by atoms with Gasteiger partial charge in [-0.15, -0.1) is 0 Å². The van der Waals surface area contributed by atoms with Gasteiger partial charge in [-0.25, -0.2) is 0 Å². The van der Waals surface area contributed by atoms with Crippen LogP contribution in [-0.2, 0) is 6.54 Å². The average molecular weight is 342 g/mol. The molecule has 112 valence electrons. The van der Waals surface area contributed by atoms with Crippen LogP contribution < -0.4 is 14.8 Å². The van der Waals surface area contributed by atoms with Crippen molar-refractivity contribution >= 4 is 15.9 Å². The van der Waals surface area contributed by atoms with Crippen LogP contribution in [0.1, 0.15) is 38.2 Å². The summed E-state index contributed by atoms with van der Waals surface area (Å²) < 4.78 is 11.7. The first-order valence-corrected chi connectivity index (χ1v) is 8.08. The van der Waals surface area contributed by atoms with E-state index in [-0.39, 0.29) is 0 Å².